The molecule has 2 saturated carbocycles. The van der Waals surface area contributed by atoms with Crippen LogP contribution in [0.2, 0.25) is 0 Å². The number of rotatable bonds is 5. The molecule has 0 spiro atoms. The minimum atomic E-state index is -0.272. The van der Waals surface area contributed by atoms with Gasteiger partial charge in [-0.05, 0) is 64.8 Å². The third-order valence-corrected chi connectivity index (χ3v) is 5.39. The summed E-state index contributed by atoms with van der Waals surface area (Å²) in [4.78, 5) is 2.45. The van der Waals surface area contributed by atoms with Gasteiger partial charge in [0.25, 0.3) is 0 Å². The Bertz CT molecular complexity index is 384. The molecule has 1 N–H and O–H groups in total. The predicted molar refractivity (Wildman–Crippen MR) is 83.0 cm³/mol. The van der Waals surface area contributed by atoms with Crippen LogP contribution >= 0.6 is 0 Å². The number of nitrogens with one attached hydrogen (secondary N) is 1. The van der Waals surface area contributed by atoms with Gasteiger partial charge < -0.3 is 9.64 Å². The predicted octanol–water partition coefficient (Wildman–Crippen LogP) is 2.44. The lowest BCUT2D eigenvalue weighted by molar-refractivity contribution is -0.0134. The van der Waals surface area contributed by atoms with Crippen molar-refractivity contribution < 1.29 is 4.74 Å². The molecule has 1 aliphatic heterocycles. The van der Waals surface area contributed by atoms with Crippen LogP contribution < -0.4 is 5.32 Å². The average Bonchev–Trinajstić information content (AvgIpc) is 3.32. The number of ether oxygens (including phenoxy) is 1. The topological polar surface area (TPSA) is 48.3 Å². The van der Waals surface area contributed by atoms with E-state index in [1.807, 2.05) is 0 Å². The molecule has 118 valence electrons. The lowest BCUT2D eigenvalue weighted by Crippen LogP contribution is -2.53. The molecule has 3 atom stereocenters. The van der Waals surface area contributed by atoms with Crippen molar-refractivity contribution in [3.63, 3.8) is 0 Å². The van der Waals surface area contributed by atoms with Crippen molar-refractivity contribution >= 4 is 0 Å². The molecule has 3 rings (SSSR count). The van der Waals surface area contributed by atoms with Crippen molar-refractivity contribution in [2.75, 3.05) is 20.2 Å². The maximum Gasteiger partial charge on any atom is 0.108 e. The first-order valence-corrected chi connectivity index (χ1v) is 8.71. The number of nitriles is 1. The van der Waals surface area contributed by atoms with Gasteiger partial charge in [0.1, 0.15) is 5.54 Å². The molecule has 2 aliphatic carbocycles. The summed E-state index contributed by atoms with van der Waals surface area (Å²) in [5, 5.41) is 13.3. The van der Waals surface area contributed by atoms with Crippen LogP contribution in [0.5, 0.6) is 0 Å². The summed E-state index contributed by atoms with van der Waals surface area (Å²) in [6.07, 6.45) is 11.0. The van der Waals surface area contributed by atoms with E-state index in [0.717, 1.165) is 32.4 Å². The first kappa shape index (κ1) is 15.3. The minimum Gasteiger partial charge on any atom is -0.377 e. The van der Waals surface area contributed by atoms with E-state index in [2.05, 4.69) is 23.3 Å². The normalized spacial score (nSPS) is 37.4. The Labute approximate surface area is 128 Å². The summed E-state index contributed by atoms with van der Waals surface area (Å²) < 4.78 is 5.87. The molecule has 4 nitrogen and oxygen atoms in total. The van der Waals surface area contributed by atoms with Gasteiger partial charge in [-0.2, -0.15) is 5.26 Å². The van der Waals surface area contributed by atoms with Gasteiger partial charge >= 0.3 is 0 Å². The molecule has 0 amide bonds. The van der Waals surface area contributed by atoms with Crippen LogP contribution in [0.3, 0.4) is 0 Å². The number of likely N-dealkylation sites (N-methyl/N-ethyl adjacent to an activating group) is 1. The van der Waals surface area contributed by atoms with Crippen LogP contribution in [-0.4, -0.2) is 48.8 Å². The molecule has 4 heteroatoms. The molecular weight excluding hydrogens is 262 g/mol. The highest BCUT2D eigenvalue weighted by Gasteiger charge is 2.41. The molecule has 0 aromatic rings. The van der Waals surface area contributed by atoms with Crippen LogP contribution in [0.25, 0.3) is 0 Å². The van der Waals surface area contributed by atoms with Gasteiger partial charge in [0.15, 0.2) is 0 Å². The van der Waals surface area contributed by atoms with Crippen molar-refractivity contribution in [1.82, 2.24) is 10.2 Å². The van der Waals surface area contributed by atoms with Gasteiger partial charge in [-0.3, -0.25) is 5.32 Å². The summed E-state index contributed by atoms with van der Waals surface area (Å²) in [7, 11) is 2.22. The molecule has 3 unspecified atom stereocenters. The third kappa shape index (κ3) is 3.97. The average molecular weight is 291 g/mol. The van der Waals surface area contributed by atoms with Crippen LogP contribution in [0.15, 0.2) is 0 Å². The molecule has 3 aliphatic rings. The van der Waals surface area contributed by atoms with E-state index in [0.29, 0.717) is 18.2 Å². The summed E-state index contributed by atoms with van der Waals surface area (Å²) in [5.74, 6) is 0. The molecule has 1 heterocycles. The molecular formula is C17H29N3O. The molecule has 0 bridgehead atoms. The fourth-order valence-corrected chi connectivity index (χ4v) is 3.93. The molecule has 3 fully saturated rings. The van der Waals surface area contributed by atoms with E-state index in [1.165, 1.54) is 38.5 Å². The Morgan fingerprint density at radius 2 is 2.10 bits per heavy atom. The summed E-state index contributed by atoms with van der Waals surface area (Å²) in [6.45, 7) is 1.95. The Balaban J connectivity index is 1.55. The Hall–Kier alpha value is -0.630. The third-order valence-electron chi connectivity index (χ3n) is 5.39. The van der Waals surface area contributed by atoms with E-state index in [4.69, 9.17) is 4.74 Å². The van der Waals surface area contributed by atoms with Crippen molar-refractivity contribution in [2.24, 2.45) is 0 Å². The molecule has 0 aromatic carbocycles. The van der Waals surface area contributed by atoms with Gasteiger partial charge in [0, 0.05) is 25.2 Å². The van der Waals surface area contributed by atoms with Crippen LogP contribution in [0.4, 0.5) is 0 Å². The second kappa shape index (κ2) is 6.64. The second-order valence-electron chi connectivity index (χ2n) is 7.29. The van der Waals surface area contributed by atoms with Crippen molar-refractivity contribution in [1.29, 1.82) is 5.26 Å². The van der Waals surface area contributed by atoms with E-state index >= 15 is 0 Å². The molecule has 21 heavy (non-hydrogen) atoms. The van der Waals surface area contributed by atoms with E-state index in [1.54, 1.807) is 0 Å². The van der Waals surface area contributed by atoms with Crippen molar-refractivity contribution in [3.8, 4) is 6.07 Å². The largest absolute Gasteiger partial charge is 0.377 e. The summed E-state index contributed by atoms with van der Waals surface area (Å²) in [6, 6.07) is 3.74. The minimum absolute atomic E-state index is 0.272. The van der Waals surface area contributed by atoms with Gasteiger partial charge in [-0.1, -0.05) is 0 Å². The van der Waals surface area contributed by atoms with Crippen LogP contribution in [0.1, 0.15) is 57.8 Å². The fourth-order valence-electron chi connectivity index (χ4n) is 3.93. The van der Waals surface area contributed by atoms with Crippen molar-refractivity contribution in [2.45, 2.75) is 81.5 Å². The summed E-state index contributed by atoms with van der Waals surface area (Å²) in [5.41, 5.74) is -0.272. The van der Waals surface area contributed by atoms with E-state index < -0.39 is 0 Å². The maximum absolute atomic E-state index is 9.68. The number of hydrogen-bond donors (Lipinski definition) is 1. The van der Waals surface area contributed by atoms with E-state index in [9.17, 15) is 5.26 Å². The lowest BCUT2D eigenvalue weighted by Gasteiger charge is -2.41. The van der Waals surface area contributed by atoms with Gasteiger partial charge in [-0.25, -0.2) is 0 Å². The first-order chi connectivity index (χ1) is 10.2. The molecule has 1 saturated heterocycles. The SMILES string of the molecule is CN(CC1CCCCO1)C1CCCC(C#N)(NC2CC2)C1. The zero-order valence-electron chi connectivity index (χ0n) is 13.3. The zero-order chi connectivity index (χ0) is 14.7. The molecule has 0 aromatic heterocycles. The van der Waals surface area contributed by atoms with Gasteiger partial charge in [0.05, 0.1) is 12.2 Å². The summed E-state index contributed by atoms with van der Waals surface area (Å²) >= 11 is 0. The maximum atomic E-state index is 9.68. The molecule has 0 radical (unpaired) electrons. The Kier molecular flexibility index (Phi) is 4.83. The zero-order valence-corrected chi connectivity index (χ0v) is 13.3. The van der Waals surface area contributed by atoms with Crippen LogP contribution in [0, 0.1) is 11.3 Å². The van der Waals surface area contributed by atoms with Crippen LogP contribution in [-0.2, 0) is 4.74 Å². The standard InChI is InChI=1S/C17H29N3O/c1-20(12-16-6-2-3-10-21-16)15-5-4-9-17(11-15,13-18)19-14-7-8-14/h14-16,19H,2-12H2,1H3. The van der Waals surface area contributed by atoms with E-state index in [-0.39, 0.29) is 5.54 Å². The van der Waals surface area contributed by atoms with Gasteiger partial charge in [-0.15, -0.1) is 0 Å². The first-order valence-electron chi connectivity index (χ1n) is 8.71. The highest BCUT2D eigenvalue weighted by Crippen LogP contribution is 2.34. The Morgan fingerprint density at radius 3 is 2.76 bits per heavy atom. The highest BCUT2D eigenvalue weighted by molar-refractivity contribution is 5.13. The highest BCUT2D eigenvalue weighted by atomic mass is 16.5. The number of nitrogens with zero attached hydrogens (tertiary/aromatic N) is 2. The monoisotopic (exact) mass is 291 g/mol. The number of hydrogen-bond acceptors (Lipinski definition) is 4. The quantitative estimate of drug-likeness (QED) is 0.845. The van der Waals surface area contributed by atoms with Crippen molar-refractivity contribution in [3.05, 3.63) is 0 Å². The smallest absolute Gasteiger partial charge is 0.108 e. The lowest BCUT2D eigenvalue weighted by atomic mass is 9.79. The Morgan fingerprint density at radius 1 is 1.24 bits per heavy atom. The fraction of sp³-hybridized carbons (Fsp3) is 0.941. The van der Waals surface area contributed by atoms with Gasteiger partial charge in [0.2, 0.25) is 0 Å². The second-order valence-corrected chi connectivity index (χ2v) is 7.29.